The summed E-state index contributed by atoms with van der Waals surface area (Å²) in [6.45, 7) is 0.412. The first-order chi connectivity index (χ1) is 14.6. The van der Waals surface area contributed by atoms with Gasteiger partial charge in [-0.2, -0.15) is 0 Å². The molecule has 8 nitrogen and oxygen atoms in total. The zero-order valence-corrected chi connectivity index (χ0v) is 16.6. The number of aromatic nitrogens is 3. The molecule has 0 aliphatic carbocycles. The number of hydrogen-bond acceptors (Lipinski definition) is 7. The Labute approximate surface area is 171 Å². The van der Waals surface area contributed by atoms with Gasteiger partial charge in [-0.25, -0.2) is 19.2 Å². The Hall–Kier alpha value is -3.88. The van der Waals surface area contributed by atoms with Crippen molar-refractivity contribution in [2.24, 2.45) is 0 Å². The minimum absolute atomic E-state index is 0.151. The monoisotopic (exact) mass is 410 g/mol. The number of rotatable bonds is 6. The normalized spacial score (nSPS) is 10.9. The second-order valence-electron chi connectivity index (χ2n) is 6.43. The molecule has 0 atom stereocenters. The fourth-order valence-electron chi connectivity index (χ4n) is 3.27. The van der Waals surface area contributed by atoms with Gasteiger partial charge in [-0.15, -0.1) is 0 Å². The lowest BCUT2D eigenvalue weighted by atomic mass is 10.1. The van der Waals surface area contributed by atoms with Crippen LogP contribution in [0.3, 0.4) is 0 Å². The van der Waals surface area contributed by atoms with Crippen molar-refractivity contribution >= 4 is 28.3 Å². The molecular weight excluding hydrogens is 391 g/mol. The number of halogens is 1. The van der Waals surface area contributed by atoms with Crippen LogP contribution in [-0.4, -0.2) is 41.7 Å². The van der Waals surface area contributed by atoms with Crippen LogP contribution in [0.15, 0.2) is 42.9 Å². The van der Waals surface area contributed by atoms with E-state index in [4.69, 9.17) is 9.47 Å². The van der Waals surface area contributed by atoms with Gasteiger partial charge in [0.1, 0.15) is 22.5 Å². The second-order valence-corrected chi connectivity index (χ2v) is 6.43. The first-order valence-corrected chi connectivity index (χ1v) is 9.04. The fourth-order valence-corrected chi connectivity index (χ4v) is 3.27. The van der Waals surface area contributed by atoms with Gasteiger partial charge in [-0.05, 0) is 24.3 Å². The van der Waals surface area contributed by atoms with Gasteiger partial charge >= 0.3 is 5.97 Å². The summed E-state index contributed by atoms with van der Waals surface area (Å²) >= 11 is 0. The summed E-state index contributed by atoms with van der Waals surface area (Å²) < 4.78 is 31.9. The highest BCUT2D eigenvalue weighted by atomic mass is 19.1. The second kappa shape index (κ2) is 7.86. The summed E-state index contributed by atoms with van der Waals surface area (Å²) in [5.41, 5.74) is 1.82. The number of anilines is 1. The largest absolute Gasteiger partial charge is 0.497 e. The Balaban J connectivity index is 1.75. The summed E-state index contributed by atoms with van der Waals surface area (Å²) in [5, 5.41) is 3.26. The van der Waals surface area contributed by atoms with E-state index in [2.05, 4.69) is 20.0 Å². The van der Waals surface area contributed by atoms with Gasteiger partial charge in [0, 0.05) is 18.2 Å². The van der Waals surface area contributed by atoms with E-state index in [9.17, 15) is 4.79 Å². The van der Waals surface area contributed by atoms with Crippen LogP contribution in [0.2, 0.25) is 0 Å². The Bertz CT molecular complexity index is 1250. The number of methoxy groups -OCH3 is 3. The predicted octanol–water partition coefficient (Wildman–Crippen LogP) is 3.44. The van der Waals surface area contributed by atoms with Gasteiger partial charge in [0.2, 0.25) is 0 Å². The molecule has 9 heteroatoms. The zero-order valence-electron chi connectivity index (χ0n) is 16.6. The van der Waals surface area contributed by atoms with Crippen LogP contribution >= 0.6 is 0 Å². The molecule has 0 bridgehead atoms. The molecule has 0 spiro atoms. The van der Waals surface area contributed by atoms with Crippen molar-refractivity contribution in [3.05, 3.63) is 59.8 Å². The minimum Gasteiger partial charge on any atom is -0.497 e. The van der Waals surface area contributed by atoms with Gasteiger partial charge in [0.15, 0.2) is 11.6 Å². The first kappa shape index (κ1) is 19.4. The van der Waals surface area contributed by atoms with E-state index in [-0.39, 0.29) is 11.1 Å². The van der Waals surface area contributed by atoms with Crippen LogP contribution in [0.25, 0.3) is 16.6 Å². The van der Waals surface area contributed by atoms with Crippen molar-refractivity contribution in [2.75, 3.05) is 26.6 Å². The first-order valence-electron chi connectivity index (χ1n) is 9.04. The van der Waals surface area contributed by atoms with Gasteiger partial charge in [0.05, 0.1) is 44.9 Å². The van der Waals surface area contributed by atoms with Crippen LogP contribution in [0, 0.1) is 5.82 Å². The zero-order chi connectivity index (χ0) is 21.3. The number of carbonyl (C=O) groups excluding carboxylic acids is 1. The average Bonchev–Trinajstić information content (AvgIpc) is 3.27. The van der Waals surface area contributed by atoms with Crippen LogP contribution in [0.1, 0.15) is 15.9 Å². The maximum Gasteiger partial charge on any atom is 0.340 e. The summed E-state index contributed by atoms with van der Waals surface area (Å²) in [4.78, 5) is 20.5. The van der Waals surface area contributed by atoms with Crippen LogP contribution in [-0.2, 0) is 11.3 Å². The fraction of sp³-hybridized carbons (Fsp3) is 0.190. The maximum atomic E-state index is 15.0. The van der Waals surface area contributed by atoms with Gasteiger partial charge < -0.3 is 19.5 Å². The summed E-state index contributed by atoms with van der Waals surface area (Å²) in [7, 11) is 4.38. The highest BCUT2D eigenvalue weighted by Gasteiger charge is 2.19. The van der Waals surface area contributed by atoms with E-state index in [0.717, 1.165) is 5.56 Å². The molecule has 2 heterocycles. The van der Waals surface area contributed by atoms with E-state index in [1.165, 1.54) is 19.5 Å². The summed E-state index contributed by atoms with van der Waals surface area (Å²) in [6.07, 6.45) is 3.05. The highest BCUT2D eigenvalue weighted by Crippen LogP contribution is 2.28. The van der Waals surface area contributed by atoms with E-state index in [1.807, 2.05) is 12.1 Å². The third kappa shape index (κ3) is 3.24. The van der Waals surface area contributed by atoms with Crippen molar-refractivity contribution in [3.8, 4) is 11.5 Å². The number of benzene rings is 2. The lowest BCUT2D eigenvalue weighted by Gasteiger charge is -2.14. The van der Waals surface area contributed by atoms with Crippen LogP contribution in [0.5, 0.6) is 11.5 Å². The predicted molar refractivity (Wildman–Crippen MR) is 109 cm³/mol. The molecule has 0 amide bonds. The van der Waals surface area contributed by atoms with Crippen molar-refractivity contribution in [1.82, 2.24) is 14.4 Å². The highest BCUT2D eigenvalue weighted by molar-refractivity contribution is 5.95. The Morgan fingerprint density at radius 3 is 2.73 bits per heavy atom. The van der Waals surface area contributed by atoms with Crippen LogP contribution < -0.4 is 14.8 Å². The van der Waals surface area contributed by atoms with Crippen molar-refractivity contribution in [2.45, 2.75) is 6.54 Å². The number of hydrogen-bond donors (Lipinski definition) is 1. The molecular formula is C21H19FN4O4. The molecule has 30 heavy (non-hydrogen) atoms. The van der Waals surface area contributed by atoms with Gasteiger partial charge in [-0.1, -0.05) is 0 Å². The van der Waals surface area contributed by atoms with E-state index < -0.39 is 11.8 Å². The molecule has 0 radical (unpaired) electrons. The number of fused-ring (bicyclic) bond motifs is 3. The number of nitrogens with zero attached hydrogens (tertiary/aromatic N) is 3. The molecule has 2 aromatic carbocycles. The van der Waals surface area contributed by atoms with E-state index in [1.54, 1.807) is 36.9 Å². The molecule has 1 N–H and O–H groups in total. The SMILES string of the molecule is COC(=O)c1ccc2nc(NCc3ccc(OC)cc3OC)c3cncn3c2c1F. The Morgan fingerprint density at radius 2 is 2.00 bits per heavy atom. The van der Waals surface area contributed by atoms with Crippen molar-refractivity contribution < 1.29 is 23.4 Å². The smallest absolute Gasteiger partial charge is 0.340 e. The number of carbonyl (C=O) groups is 1. The minimum atomic E-state index is -0.753. The molecule has 2 aromatic heterocycles. The molecule has 0 saturated carbocycles. The lowest BCUT2D eigenvalue weighted by molar-refractivity contribution is 0.0596. The molecule has 0 aliphatic rings. The molecule has 0 saturated heterocycles. The standard InChI is InChI=1S/C21H19FN4O4/c1-28-13-5-4-12(17(8-13)29-2)9-24-20-16-10-23-11-26(16)19-15(25-20)7-6-14(18(19)22)21(27)30-3/h4-8,10-11H,9H2,1-3H3,(H,24,25). The molecule has 4 rings (SSSR count). The Kier molecular flexibility index (Phi) is 5.09. The number of ether oxygens (including phenoxy) is 3. The number of imidazole rings is 1. The molecule has 0 fully saturated rings. The van der Waals surface area contributed by atoms with E-state index in [0.29, 0.717) is 34.9 Å². The van der Waals surface area contributed by atoms with Crippen molar-refractivity contribution in [3.63, 3.8) is 0 Å². The third-order valence-electron chi connectivity index (χ3n) is 4.79. The van der Waals surface area contributed by atoms with Gasteiger partial charge in [-0.3, -0.25) is 4.40 Å². The topological polar surface area (TPSA) is 87.0 Å². The summed E-state index contributed by atoms with van der Waals surface area (Å²) in [5.74, 6) is 0.410. The molecule has 154 valence electrons. The quantitative estimate of drug-likeness (QED) is 0.487. The van der Waals surface area contributed by atoms with Crippen LogP contribution in [0.4, 0.5) is 10.2 Å². The maximum absolute atomic E-state index is 15.0. The lowest BCUT2D eigenvalue weighted by Crippen LogP contribution is -2.09. The number of nitrogens with one attached hydrogen (secondary N) is 1. The number of esters is 1. The van der Waals surface area contributed by atoms with Gasteiger partial charge in [0.25, 0.3) is 0 Å². The van der Waals surface area contributed by atoms with Crippen molar-refractivity contribution in [1.29, 1.82) is 0 Å². The Morgan fingerprint density at radius 1 is 1.17 bits per heavy atom. The average molecular weight is 410 g/mol. The molecule has 4 aromatic rings. The summed E-state index contributed by atoms with van der Waals surface area (Å²) in [6, 6.07) is 8.45. The van der Waals surface area contributed by atoms with E-state index >= 15 is 4.39 Å². The molecule has 0 aliphatic heterocycles. The third-order valence-corrected chi connectivity index (χ3v) is 4.79. The molecule has 0 unspecified atom stereocenters.